The van der Waals surface area contributed by atoms with Crippen LogP contribution in [-0.4, -0.2) is 0 Å². The van der Waals surface area contributed by atoms with Crippen LogP contribution in [-0.2, 0) is 0 Å². The third-order valence-electron chi connectivity index (χ3n) is 8.94. The summed E-state index contributed by atoms with van der Waals surface area (Å²) in [5.74, 6) is 1.41. The van der Waals surface area contributed by atoms with Crippen molar-refractivity contribution in [1.29, 1.82) is 0 Å². The Morgan fingerprint density at radius 1 is 0.524 bits per heavy atom. The highest BCUT2D eigenvalue weighted by molar-refractivity contribution is 7.24. The van der Waals surface area contributed by atoms with Crippen LogP contribution >= 0.6 is 11.3 Å². The number of hydrogen-bond acceptors (Lipinski definition) is 4. The third kappa shape index (κ3) is 5.18. The molecule has 4 heteroatoms. The highest BCUT2D eigenvalue weighted by Crippen LogP contribution is 2.33. The fourth-order valence-corrected chi connectivity index (χ4v) is 7.04. The minimum absolute atomic E-state index is 0.0321. The van der Waals surface area contributed by atoms with Gasteiger partial charge in [0.15, 0.2) is 5.43 Å². The van der Waals surface area contributed by atoms with Crippen LogP contribution < -0.4 is 10.9 Å². The summed E-state index contributed by atoms with van der Waals surface area (Å²) in [5.41, 5.74) is 6.22. The van der Waals surface area contributed by atoms with Crippen LogP contribution in [0.4, 0.5) is 0 Å². The van der Waals surface area contributed by atoms with E-state index in [9.17, 15) is 9.59 Å². The van der Waals surface area contributed by atoms with Gasteiger partial charge in [-0.2, -0.15) is 0 Å². The van der Waals surface area contributed by atoms with E-state index in [0.29, 0.717) is 45.6 Å². The van der Waals surface area contributed by atoms with E-state index in [1.54, 1.807) is 11.3 Å². The van der Waals surface area contributed by atoms with E-state index < -0.39 is 0 Å². The summed E-state index contributed by atoms with van der Waals surface area (Å²) in [5, 5.41) is 2.91. The van der Waals surface area contributed by atoms with Gasteiger partial charge >= 0.3 is 0 Å². The molecule has 0 amide bonds. The molecule has 0 aliphatic carbocycles. The fraction of sp³-hybridized carbons (Fsp3) is 0.316. The Morgan fingerprint density at radius 2 is 1.07 bits per heavy atom. The summed E-state index contributed by atoms with van der Waals surface area (Å²) in [4.78, 5) is 26.7. The van der Waals surface area contributed by atoms with Gasteiger partial charge in [0, 0.05) is 20.2 Å². The monoisotopic (exact) mass is 574 g/mol. The van der Waals surface area contributed by atoms with Crippen LogP contribution in [0.3, 0.4) is 0 Å². The molecule has 42 heavy (non-hydrogen) atoms. The molecule has 214 valence electrons. The Kier molecular flexibility index (Phi) is 7.53. The van der Waals surface area contributed by atoms with Gasteiger partial charge in [-0.3, -0.25) is 9.59 Å². The molecule has 0 spiro atoms. The molecule has 0 radical (unpaired) electrons. The Balaban J connectivity index is 1.23. The van der Waals surface area contributed by atoms with E-state index >= 15 is 0 Å². The van der Waals surface area contributed by atoms with E-state index in [4.69, 9.17) is 4.42 Å². The van der Waals surface area contributed by atoms with Gasteiger partial charge in [-0.1, -0.05) is 65.8 Å². The summed E-state index contributed by atoms with van der Waals surface area (Å²) in [7, 11) is 0. The van der Waals surface area contributed by atoms with E-state index in [0.717, 1.165) is 38.6 Å². The first-order valence-electron chi connectivity index (χ1n) is 15.1. The van der Waals surface area contributed by atoms with Gasteiger partial charge in [0.25, 0.3) is 0 Å². The second-order valence-electron chi connectivity index (χ2n) is 12.6. The molecule has 2 atom stereocenters. The summed E-state index contributed by atoms with van der Waals surface area (Å²) in [6, 6.07) is 24.7. The Morgan fingerprint density at radius 3 is 1.79 bits per heavy atom. The average Bonchev–Trinajstić information content (AvgIpc) is 2.99. The van der Waals surface area contributed by atoms with Crippen LogP contribution in [0, 0.1) is 0 Å². The molecule has 0 aliphatic rings. The first kappa shape index (κ1) is 28.4. The van der Waals surface area contributed by atoms with E-state index in [2.05, 4.69) is 77.9 Å². The lowest BCUT2D eigenvalue weighted by molar-refractivity contribution is 0.573. The molecule has 6 rings (SSSR count). The molecule has 6 aromatic rings. The average molecular weight is 575 g/mol. The SMILES string of the molecule is CC(C)c1ccc2c(=O)c3cc(C(C)CCC(C)c4ccc5c(=O)c6cc(C(C)C)ccc6oc5c4)ccc3sc2c1. The normalized spacial score (nSPS) is 13.6. The van der Waals surface area contributed by atoms with Crippen molar-refractivity contribution in [2.45, 2.75) is 78.1 Å². The molecule has 0 saturated heterocycles. The summed E-state index contributed by atoms with van der Waals surface area (Å²) in [6.45, 7) is 13.1. The standard InChI is InChI=1S/C38H38O3S/c1-21(2)25-11-15-33-31(17-25)37(39)29-13-10-28(19-34(29)41-33)24(6)8-7-23(5)27-12-16-35-32(18-27)38(40)30-14-9-26(22(3)4)20-36(30)42-35/h9-24H,7-8H2,1-6H3. The van der Waals surface area contributed by atoms with Crippen molar-refractivity contribution in [2.75, 3.05) is 0 Å². The smallest absolute Gasteiger partial charge is 0.200 e. The molecule has 0 aliphatic heterocycles. The van der Waals surface area contributed by atoms with Crippen molar-refractivity contribution in [3.05, 3.63) is 115 Å². The van der Waals surface area contributed by atoms with Gasteiger partial charge in [-0.25, -0.2) is 0 Å². The van der Waals surface area contributed by atoms with Crippen molar-refractivity contribution in [1.82, 2.24) is 0 Å². The van der Waals surface area contributed by atoms with Gasteiger partial charge in [-0.15, -0.1) is 11.3 Å². The predicted octanol–water partition coefficient (Wildman–Crippen LogP) is 10.6. The first-order valence-corrected chi connectivity index (χ1v) is 15.9. The Labute approximate surface area is 250 Å². The number of hydrogen-bond donors (Lipinski definition) is 0. The molecular formula is C38H38O3S. The lowest BCUT2D eigenvalue weighted by Crippen LogP contribution is -2.05. The summed E-state index contributed by atoms with van der Waals surface area (Å²) in [6.07, 6.45) is 1.98. The Hall–Kier alpha value is -3.76. The topological polar surface area (TPSA) is 47.3 Å². The lowest BCUT2D eigenvalue weighted by Gasteiger charge is -2.17. The highest BCUT2D eigenvalue weighted by atomic mass is 32.1. The first-order chi connectivity index (χ1) is 20.1. The van der Waals surface area contributed by atoms with Crippen molar-refractivity contribution in [3.63, 3.8) is 0 Å². The molecule has 0 fully saturated rings. The fourth-order valence-electron chi connectivity index (χ4n) is 5.94. The number of rotatable bonds is 7. The third-order valence-corrected chi connectivity index (χ3v) is 10.1. The maximum atomic E-state index is 13.4. The molecule has 4 aromatic carbocycles. The van der Waals surface area contributed by atoms with E-state index in [1.165, 1.54) is 16.7 Å². The zero-order chi connectivity index (χ0) is 29.7. The maximum Gasteiger partial charge on any atom is 0.200 e. The van der Waals surface area contributed by atoms with Crippen LogP contribution in [0.2, 0.25) is 0 Å². The van der Waals surface area contributed by atoms with Crippen molar-refractivity contribution >= 4 is 53.4 Å². The minimum Gasteiger partial charge on any atom is -0.456 e. The number of benzene rings is 4. The van der Waals surface area contributed by atoms with Gasteiger partial charge in [-0.05, 0) is 107 Å². The van der Waals surface area contributed by atoms with E-state index in [-0.39, 0.29) is 10.9 Å². The predicted molar refractivity (Wildman–Crippen MR) is 180 cm³/mol. The molecule has 2 unspecified atom stereocenters. The zero-order valence-corrected chi connectivity index (χ0v) is 26.1. The minimum atomic E-state index is 0.0321. The summed E-state index contributed by atoms with van der Waals surface area (Å²) < 4.78 is 8.33. The lowest BCUT2D eigenvalue weighted by atomic mass is 9.88. The second kappa shape index (κ2) is 11.1. The van der Waals surface area contributed by atoms with Gasteiger partial charge < -0.3 is 4.42 Å². The van der Waals surface area contributed by atoms with Crippen molar-refractivity contribution in [3.8, 4) is 0 Å². The molecule has 0 N–H and O–H groups in total. The van der Waals surface area contributed by atoms with E-state index in [1.807, 2.05) is 36.4 Å². The van der Waals surface area contributed by atoms with Crippen LogP contribution in [0.1, 0.15) is 100 Å². The quantitative estimate of drug-likeness (QED) is 0.178. The van der Waals surface area contributed by atoms with Crippen LogP contribution in [0.5, 0.6) is 0 Å². The van der Waals surface area contributed by atoms with Gasteiger partial charge in [0.05, 0.1) is 10.8 Å². The molecule has 0 saturated carbocycles. The molecule has 2 aromatic heterocycles. The molecule has 0 bridgehead atoms. The van der Waals surface area contributed by atoms with Gasteiger partial charge in [0.2, 0.25) is 5.43 Å². The zero-order valence-electron chi connectivity index (χ0n) is 25.3. The largest absolute Gasteiger partial charge is 0.456 e. The molecular weight excluding hydrogens is 536 g/mol. The van der Waals surface area contributed by atoms with Gasteiger partial charge in [0.1, 0.15) is 11.2 Å². The van der Waals surface area contributed by atoms with Crippen LogP contribution in [0.15, 0.2) is 86.8 Å². The number of fused-ring (bicyclic) bond motifs is 4. The molecule has 3 nitrogen and oxygen atoms in total. The maximum absolute atomic E-state index is 13.4. The van der Waals surface area contributed by atoms with Crippen molar-refractivity contribution < 1.29 is 4.42 Å². The summed E-state index contributed by atoms with van der Waals surface area (Å²) >= 11 is 1.71. The highest BCUT2D eigenvalue weighted by Gasteiger charge is 2.16. The van der Waals surface area contributed by atoms with Crippen molar-refractivity contribution in [2.24, 2.45) is 0 Å². The Bertz CT molecular complexity index is 2080. The second-order valence-corrected chi connectivity index (χ2v) is 13.7. The molecule has 2 heterocycles. The van der Waals surface area contributed by atoms with Crippen LogP contribution in [0.25, 0.3) is 42.1 Å².